The molecule has 0 aromatic heterocycles. The maximum atomic E-state index is 12.6. The van der Waals surface area contributed by atoms with Gasteiger partial charge >= 0.3 is 0 Å². The summed E-state index contributed by atoms with van der Waals surface area (Å²) in [7, 11) is -1.87. The molecule has 6 heteroatoms. The number of methoxy groups -OCH3 is 1. The van der Waals surface area contributed by atoms with Crippen molar-refractivity contribution in [2.45, 2.75) is 24.2 Å². The van der Waals surface area contributed by atoms with Gasteiger partial charge in [0.15, 0.2) is 5.78 Å². The predicted molar refractivity (Wildman–Crippen MR) is 105 cm³/mol. The molecule has 1 saturated heterocycles. The summed E-state index contributed by atoms with van der Waals surface area (Å²) in [5, 5.41) is 0. The lowest BCUT2D eigenvalue weighted by atomic mass is 10.1. The number of piperidine rings is 1. The van der Waals surface area contributed by atoms with Crippen LogP contribution < -0.4 is 4.74 Å². The van der Waals surface area contributed by atoms with E-state index in [1.807, 2.05) is 24.3 Å². The van der Waals surface area contributed by atoms with Gasteiger partial charge in [-0.15, -0.1) is 0 Å². The van der Waals surface area contributed by atoms with E-state index in [1.54, 1.807) is 25.3 Å². The van der Waals surface area contributed by atoms with Crippen molar-refractivity contribution in [3.05, 3.63) is 65.7 Å². The van der Waals surface area contributed by atoms with Crippen LogP contribution in [0.25, 0.3) is 6.08 Å². The summed E-state index contributed by atoms with van der Waals surface area (Å²) in [6, 6.07) is 13.5. The molecule has 0 aliphatic carbocycles. The molecule has 1 aliphatic heterocycles. The number of benzene rings is 2. The van der Waals surface area contributed by atoms with Crippen molar-refractivity contribution >= 4 is 21.9 Å². The van der Waals surface area contributed by atoms with E-state index in [4.69, 9.17) is 4.74 Å². The van der Waals surface area contributed by atoms with E-state index >= 15 is 0 Å². The molecule has 1 fully saturated rings. The minimum absolute atomic E-state index is 0.173. The van der Waals surface area contributed by atoms with Crippen LogP contribution in [0.3, 0.4) is 0 Å². The number of ketones is 1. The zero-order valence-corrected chi connectivity index (χ0v) is 16.1. The molecule has 0 spiro atoms. The number of allylic oxidation sites excluding steroid dienone is 1. The van der Waals surface area contributed by atoms with Crippen LogP contribution >= 0.6 is 0 Å². The second-order valence-corrected chi connectivity index (χ2v) is 8.40. The minimum Gasteiger partial charge on any atom is -0.497 e. The summed E-state index contributed by atoms with van der Waals surface area (Å²) in [6.07, 6.45) is 6.06. The molecule has 1 aliphatic rings. The van der Waals surface area contributed by atoms with Crippen molar-refractivity contribution < 1.29 is 17.9 Å². The molecule has 0 amide bonds. The molecule has 2 aromatic carbocycles. The summed E-state index contributed by atoms with van der Waals surface area (Å²) in [5.41, 5.74) is 1.34. The molecule has 27 heavy (non-hydrogen) atoms. The Labute approximate surface area is 160 Å². The van der Waals surface area contributed by atoms with E-state index in [9.17, 15) is 13.2 Å². The van der Waals surface area contributed by atoms with Crippen LogP contribution in [0.1, 0.15) is 35.2 Å². The molecule has 0 atom stereocenters. The number of ether oxygens (including phenoxy) is 1. The van der Waals surface area contributed by atoms with E-state index in [1.165, 1.54) is 22.5 Å². The van der Waals surface area contributed by atoms with Gasteiger partial charge in [0, 0.05) is 18.7 Å². The molecule has 5 nitrogen and oxygen atoms in total. The molecule has 0 radical (unpaired) electrons. The lowest BCUT2D eigenvalue weighted by Crippen LogP contribution is -2.35. The fourth-order valence-corrected chi connectivity index (χ4v) is 4.55. The molecule has 1 heterocycles. The van der Waals surface area contributed by atoms with E-state index < -0.39 is 10.0 Å². The number of nitrogens with zero attached hydrogens (tertiary/aromatic N) is 1. The Morgan fingerprint density at radius 1 is 0.963 bits per heavy atom. The Balaban J connectivity index is 1.70. The molecule has 0 N–H and O–H groups in total. The maximum absolute atomic E-state index is 12.6. The molecule has 142 valence electrons. The van der Waals surface area contributed by atoms with Gasteiger partial charge in [-0.2, -0.15) is 4.31 Å². The van der Waals surface area contributed by atoms with Crippen LogP contribution in [0.2, 0.25) is 0 Å². The molecule has 0 unspecified atom stereocenters. The van der Waals surface area contributed by atoms with Gasteiger partial charge in [-0.05, 0) is 60.9 Å². The van der Waals surface area contributed by atoms with Crippen molar-refractivity contribution in [3.63, 3.8) is 0 Å². The van der Waals surface area contributed by atoms with Crippen LogP contribution in [0, 0.1) is 0 Å². The Morgan fingerprint density at radius 3 is 2.19 bits per heavy atom. The fraction of sp³-hybridized carbons (Fsp3) is 0.286. The molecular weight excluding hydrogens is 362 g/mol. The highest BCUT2D eigenvalue weighted by Gasteiger charge is 2.25. The first-order valence-electron chi connectivity index (χ1n) is 8.97. The topological polar surface area (TPSA) is 63.7 Å². The van der Waals surface area contributed by atoms with Crippen molar-refractivity contribution in [1.29, 1.82) is 0 Å². The van der Waals surface area contributed by atoms with Gasteiger partial charge in [0.25, 0.3) is 0 Å². The van der Waals surface area contributed by atoms with Crippen LogP contribution in [0.4, 0.5) is 0 Å². The van der Waals surface area contributed by atoms with Crippen LogP contribution in [0.15, 0.2) is 59.5 Å². The predicted octanol–water partition coefficient (Wildman–Crippen LogP) is 3.77. The second kappa shape index (κ2) is 8.50. The first kappa shape index (κ1) is 19.3. The highest BCUT2D eigenvalue weighted by molar-refractivity contribution is 7.89. The molecule has 3 rings (SSSR count). The number of sulfonamides is 1. The average Bonchev–Trinajstić information content (AvgIpc) is 2.73. The zero-order chi connectivity index (χ0) is 19.3. The van der Waals surface area contributed by atoms with Crippen LogP contribution in [-0.4, -0.2) is 38.7 Å². The van der Waals surface area contributed by atoms with Gasteiger partial charge in [0.1, 0.15) is 5.75 Å². The SMILES string of the molecule is COc1ccc(C=CC(=O)c2ccc(S(=O)(=O)N3CCCCC3)cc2)cc1. The van der Waals surface area contributed by atoms with E-state index in [2.05, 4.69) is 0 Å². The number of hydrogen-bond acceptors (Lipinski definition) is 4. The largest absolute Gasteiger partial charge is 0.497 e. The molecule has 2 aromatic rings. The van der Waals surface area contributed by atoms with Gasteiger partial charge in [-0.3, -0.25) is 4.79 Å². The number of rotatable bonds is 6. The van der Waals surface area contributed by atoms with Crippen molar-refractivity contribution in [3.8, 4) is 5.75 Å². The molecule has 0 saturated carbocycles. The lowest BCUT2D eigenvalue weighted by molar-refractivity contribution is 0.104. The first-order chi connectivity index (χ1) is 13.0. The Hall–Kier alpha value is -2.44. The van der Waals surface area contributed by atoms with Gasteiger partial charge < -0.3 is 4.74 Å². The zero-order valence-electron chi connectivity index (χ0n) is 15.3. The van der Waals surface area contributed by atoms with Gasteiger partial charge in [0.2, 0.25) is 10.0 Å². The number of carbonyl (C=O) groups excluding carboxylic acids is 1. The Morgan fingerprint density at radius 2 is 1.59 bits per heavy atom. The van der Waals surface area contributed by atoms with Crippen molar-refractivity contribution in [2.24, 2.45) is 0 Å². The molecule has 0 bridgehead atoms. The van der Waals surface area contributed by atoms with Gasteiger partial charge in [-0.1, -0.05) is 24.6 Å². The number of hydrogen-bond donors (Lipinski definition) is 0. The van der Waals surface area contributed by atoms with Crippen LogP contribution in [-0.2, 0) is 10.0 Å². The summed E-state index contributed by atoms with van der Waals surface area (Å²) in [4.78, 5) is 12.6. The summed E-state index contributed by atoms with van der Waals surface area (Å²) >= 11 is 0. The second-order valence-electron chi connectivity index (χ2n) is 6.46. The highest BCUT2D eigenvalue weighted by atomic mass is 32.2. The summed E-state index contributed by atoms with van der Waals surface area (Å²) in [5.74, 6) is 0.580. The van der Waals surface area contributed by atoms with Crippen molar-refractivity contribution in [1.82, 2.24) is 4.31 Å². The third-order valence-corrected chi connectivity index (χ3v) is 6.55. The lowest BCUT2D eigenvalue weighted by Gasteiger charge is -2.25. The quantitative estimate of drug-likeness (QED) is 0.561. The third kappa shape index (κ3) is 4.64. The fourth-order valence-electron chi connectivity index (χ4n) is 3.03. The molecular formula is C21H23NO4S. The standard InChI is InChI=1S/C21H23NO4S/c1-26-19-10-5-17(6-11-19)7-14-21(23)18-8-12-20(13-9-18)27(24,25)22-15-3-2-4-16-22/h5-14H,2-4,15-16H2,1H3. The highest BCUT2D eigenvalue weighted by Crippen LogP contribution is 2.21. The Bertz CT molecular complexity index is 910. The monoisotopic (exact) mass is 385 g/mol. The smallest absolute Gasteiger partial charge is 0.243 e. The van der Waals surface area contributed by atoms with Crippen molar-refractivity contribution in [2.75, 3.05) is 20.2 Å². The third-order valence-electron chi connectivity index (χ3n) is 4.63. The van der Waals surface area contributed by atoms with E-state index in [-0.39, 0.29) is 10.7 Å². The van der Waals surface area contributed by atoms with Gasteiger partial charge in [-0.25, -0.2) is 8.42 Å². The number of carbonyl (C=O) groups is 1. The Kier molecular flexibility index (Phi) is 6.08. The summed E-state index contributed by atoms with van der Waals surface area (Å²) in [6.45, 7) is 1.13. The summed E-state index contributed by atoms with van der Waals surface area (Å²) < 4.78 is 31.9. The van der Waals surface area contributed by atoms with Crippen LogP contribution in [0.5, 0.6) is 5.75 Å². The van der Waals surface area contributed by atoms with E-state index in [0.717, 1.165) is 30.6 Å². The first-order valence-corrected chi connectivity index (χ1v) is 10.4. The average molecular weight is 385 g/mol. The normalized spacial score (nSPS) is 15.7. The van der Waals surface area contributed by atoms with Gasteiger partial charge in [0.05, 0.1) is 12.0 Å². The van der Waals surface area contributed by atoms with E-state index in [0.29, 0.717) is 18.7 Å². The maximum Gasteiger partial charge on any atom is 0.243 e. The minimum atomic E-state index is -3.47.